The number of amides is 4. The summed E-state index contributed by atoms with van der Waals surface area (Å²) in [5.41, 5.74) is 3.91. The topological polar surface area (TPSA) is 135 Å². The van der Waals surface area contributed by atoms with Gasteiger partial charge in [0.15, 0.2) is 5.60 Å². The van der Waals surface area contributed by atoms with Gasteiger partial charge in [0.05, 0.1) is 60.2 Å². The van der Waals surface area contributed by atoms with Gasteiger partial charge in [-0.05, 0) is 73.0 Å². The van der Waals surface area contributed by atoms with E-state index in [1.807, 2.05) is 91.9 Å². The van der Waals surface area contributed by atoms with Crippen LogP contribution in [-0.4, -0.2) is 78.8 Å². The van der Waals surface area contributed by atoms with E-state index in [-0.39, 0.29) is 55.7 Å². The highest BCUT2D eigenvalue weighted by molar-refractivity contribution is 6.72. The van der Waals surface area contributed by atoms with Crippen LogP contribution in [0.4, 0.5) is 21.2 Å². The van der Waals surface area contributed by atoms with Crippen molar-refractivity contribution in [1.82, 2.24) is 4.90 Å². The summed E-state index contributed by atoms with van der Waals surface area (Å²) in [7, 11) is -3.63. The zero-order valence-electron chi connectivity index (χ0n) is 35.2. The first-order valence-corrected chi connectivity index (χ1v) is 24.6. The molecule has 2 fully saturated rings. The molecule has 1 spiro atoms. The second-order valence-corrected chi connectivity index (χ2v) is 21.3. The maximum absolute atomic E-state index is 16.8. The minimum Gasteiger partial charge on any atom is -0.394 e. The van der Waals surface area contributed by atoms with Gasteiger partial charge in [0.2, 0.25) is 26.1 Å². The number of halogens is 1. The molecule has 4 aromatic carbocycles. The fraction of sp³-hybridized carbons (Fsp3) is 0.375. The van der Waals surface area contributed by atoms with E-state index in [1.165, 1.54) is 10.0 Å². The summed E-state index contributed by atoms with van der Waals surface area (Å²) in [6.07, 6.45) is 2.00. The third-order valence-electron chi connectivity index (χ3n) is 13.3. The lowest BCUT2D eigenvalue weighted by Gasteiger charge is -2.31. The van der Waals surface area contributed by atoms with Crippen LogP contribution in [0.1, 0.15) is 74.1 Å². The van der Waals surface area contributed by atoms with Crippen molar-refractivity contribution >= 4 is 60.5 Å². The summed E-state index contributed by atoms with van der Waals surface area (Å²) in [6, 6.07) is 31.9. The summed E-state index contributed by atoms with van der Waals surface area (Å²) in [4.78, 5) is 59.3. The number of hydrazone groups is 2. The van der Waals surface area contributed by atoms with Gasteiger partial charge in [0.25, 0.3) is 5.91 Å². The molecule has 1 N–H and O–H groups in total. The summed E-state index contributed by atoms with van der Waals surface area (Å²) >= 11 is 0. The Labute approximate surface area is 361 Å². The number of hydrogen-bond donors (Lipinski definition) is 1. The zero-order chi connectivity index (χ0) is 43.3. The number of nitrogens with zero attached hydrogens (tertiary/aromatic N) is 6. The Morgan fingerprint density at radius 1 is 0.823 bits per heavy atom. The third-order valence-corrected chi connectivity index (χ3v) is 15.7. The molecule has 5 aliphatic rings. The van der Waals surface area contributed by atoms with Crippen LogP contribution in [0, 0.1) is 5.92 Å². The van der Waals surface area contributed by atoms with Crippen molar-refractivity contribution in [3.05, 3.63) is 125 Å². The van der Waals surface area contributed by atoms with Crippen molar-refractivity contribution in [3.8, 4) is 0 Å². The van der Waals surface area contributed by atoms with E-state index in [4.69, 9.17) is 14.9 Å². The number of aliphatic hydroxyl groups is 1. The van der Waals surface area contributed by atoms with Crippen molar-refractivity contribution in [2.45, 2.75) is 94.8 Å². The first-order valence-electron chi connectivity index (χ1n) is 21.6. The van der Waals surface area contributed by atoms with E-state index in [2.05, 4.69) is 0 Å². The van der Waals surface area contributed by atoms with Crippen LogP contribution >= 0.6 is 0 Å². The summed E-state index contributed by atoms with van der Waals surface area (Å²) in [5, 5.41) is 22.4. The Morgan fingerprint density at radius 2 is 1.40 bits per heavy atom. The number of benzene rings is 4. The van der Waals surface area contributed by atoms with Gasteiger partial charge < -0.3 is 23.8 Å². The van der Waals surface area contributed by atoms with E-state index >= 15 is 8.90 Å². The molecule has 2 saturated heterocycles. The lowest BCUT2D eigenvalue weighted by Crippen LogP contribution is -2.45. The molecule has 5 heterocycles. The Hall–Kier alpha value is -5.83. The molecule has 9 rings (SSSR count). The number of hydrogen-bond acceptors (Lipinski definition) is 8. The normalized spacial score (nSPS) is 25.1. The Morgan fingerprint density at radius 3 is 1.98 bits per heavy atom. The highest BCUT2D eigenvalue weighted by Crippen LogP contribution is 2.61. The SMILES string of the molecule is C[C@H]1[C@H]([Si](C)(C)F)[C@@H](CC(=O)N2CCC[C@H]2CO)O[C@]12C(=O)N(Cc1ccc(N3N=C(c4ccccc4)CCC3=O)cc1)c1ccc(N3N=C(c4ccccc4)CCC3=O)cc12. The molecule has 0 unspecified atom stereocenters. The smallest absolute Gasteiger partial charge is 0.264 e. The average Bonchev–Trinajstić information content (AvgIpc) is 3.95. The third kappa shape index (κ3) is 7.37. The van der Waals surface area contributed by atoms with Gasteiger partial charge in [-0.2, -0.15) is 10.2 Å². The molecule has 5 atom stereocenters. The summed E-state index contributed by atoms with van der Waals surface area (Å²) < 4.78 is 23.8. The molecule has 12 nitrogen and oxygen atoms in total. The van der Waals surface area contributed by atoms with Gasteiger partial charge in [0, 0.05) is 49.3 Å². The first-order chi connectivity index (χ1) is 29.9. The molecule has 0 aliphatic carbocycles. The second-order valence-electron chi connectivity index (χ2n) is 17.5. The van der Waals surface area contributed by atoms with Crippen molar-refractivity contribution in [2.75, 3.05) is 28.1 Å². The van der Waals surface area contributed by atoms with Crippen LogP contribution in [-0.2, 0) is 36.1 Å². The highest BCUT2D eigenvalue weighted by Gasteiger charge is 2.67. The molecule has 4 amide bonds. The quantitative estimate of drug-likeness (QED) is 0.130. The van der Waals surface area contributed by atoms with Crippen molar-refractivity contribution in [2.24, 2.45) is 16.1 Å². The largest absolute Gasteiger partial charge is 0.394 e. The molecule has 5 aliphatic heterocycles. The number of carbonyl (C=O) groups excluding carboxylic acids is 4. The van der Waals surface area contributed by atoms with E-state index in [0.717, 1.165) is 34.5 Å². The van der Waals surface area contributed by atoms with Gasteiger partial charge in [-0.1, -0.05) is 79.7 Å². The molecular formula is C48H51FN6O6Si. The van der Waals surface area contributed by atoms with Gasteiger partial charge in [-0.15, -0.1) is 0 Å². The summed E-state index contributed by atoms with van der Waals surface area (Å²) in [6.45, 7) is 5.52. The van der Waals surface area contributed by atoms with Crippen LogP contribution in [0.25, 0.3) is 0 Å². The molecular weight excluding hydrogens is 804 g/mol. The van der Waals surface area contributed by atoms with E-state index in [9.17, 15) is 19.5 Å². The van der Waals surface area contributed by atoms with Crippen molar-refractivity contribution in [1.29, 1.82) is 0 Å². The average molecular weight is 855 g/mol. The number of carbonyl (C=O) groups is 4. The standard InChI is InChI=1S/C48H51FN6O6Si/c1-31-46(62(2,3)49)42(28-45(59)52-26-10-15-37(52)30-56)61-48(31)38-27-36(55-44(58)25-22-40(51-55)34-13-8-5-9-14-34)20-23-41(38)53(47(48)60)29-32-16-18-35(19-17-32)54-43(57)24-21-39(50-54)33-11-6-4-7-12-33/h4-9,11-14,16-20,23,27,31,37,42,46,56H,10,15,21-22,24-26,28-30H2,1-3H3/t31-,37-,42+,46-,48+/m0/s1. The highest BCUT2D eigenvalue weighted by atomic mass is 28.4. The number of fused-ring (bicyclic) bond motifs is 2. The molecule has 0 bridgehead atoms. The van der Waals surface area contributed by atoms with E-state index < -0.39 is 31.6 Å². The Balaban J connectivity index is 1.09. The Bertz CT molecular complexity index is 2460. The van der Waals surface area contributed by atoms with Crippen LogP contribution in [0.3, 0.4) is 0 Å². The Kier molecular flexibility index (Phi) is 11.0. The van der Waals surface area contributed by atoms with Crippen LogP contribution in [0.2, 0.25) is 18.6 Å². The fourth-order valence-electron chi connectivity index (χ4n) is 10.3. The van der Waals surface area contributed by atoms with Crippen molar-refractivity contribution < 1.29 is 33.1 Å². The van der Waals surface area contributed by atoms with Crippen LogP contribution < -0.4 is 14.9 Å². The monoisotopic (exact) mass is 854 g/mol. The fourth-order valence-corrected chi connectivity index (χ4v) is 12.8. The lowest BCUT2D eigenvalue weighted by atomic mass is 9.82. The second kappa shape index (κ2) is 16.5. The summed E-state index contributed by atoms with van der Waals surface area (Å²) in [5.74, 6) is -1.61. The molecule has 0 radical (unpaired) electrons. The predicted molar refractivity (Wildman–Crippen MR) is 238 cm³/mol. The molecule has 4 aromatic rings. The number of ether oxygens (including phenoxy) is 1. The number of likely N-dealkylation sites (tertiary alicyclic amines) is 1. The van der Waals surface area contributed by atoms with Gasteiger partial charge in [0.1, 0.15) is 0 Å². The minimum atomic E-state index is -3.63. The van der Waals surface area contributed by atoms with Crippen LogP contribution in [0.15, 0.2) is 113 Å². The first kappa shape index (κ1) is 41.5. The minimum absolute atomic E-state index is 0.114. The molecule has 0 aromatic heterocycles. The van der Waals surface area contributed by atoms with Gasteiger partial charge >= 0.3 is 0 Å². The maximum Gasteiger partial charge on any atom is 0.264 e. The van der Waals surface area contributed by atoms with Gasteiger partial charge in [-0.25, -0.2) is 10.0 Å². The number of rotatable bonds is 10. The van der Waals surface area contributed by atoms with Crippen LogP contribution in [0.5, 0.6) is 0 Å². The van der Waals surface area contributed by atoms with E-state index in [1.54, 1.807) is 41.1 Å². The predicted octanol–water partition coefficient (Wildman–Crippen LogP) is 7.44. The molecule has 14 heteroatoms. The van der Waals surface area contributed by atoms with Crippen molar-refractivity contribution in [3.63, 3.8) is 0 Å². The molecule has 62 heavy (non-hydrogen) atoms. The zero-order valence-corrected chi connectivity index (χ0v) is 36.2. The maximum atomic E-state index is 16.8. The van der Waals surface area contributed by atoms with E-state index in [0.29, 0.717) is 54.9 Å². The number of aliphatic hydroxyl groups excluding tert-OH is 1. The number of anilines is 3. The molecule has 320 valence electrons. The van der Waals surface area contributed by atoms with Gasteiger partial charge in [-0.3, -0.25) is 19.2 Å². The molecule has 0 saturated carbocycles. The lowest BCUT2D eigenvalue weighted by molar-refractivity contribution is -0.150.